The molecule has 0 spiro atoms. The summed E-state index contributed by atoms with van der Waals surface area (Å²) in [6, 6.07) is 10.0. The van der Waals surface area contributed by atoms with Gasteiger partial charge in [0.2, 0.25) is 0 Å². The zero-order chi connectivity index (χ0) is 16.5. The standard InChI is InChI=1S/C20H28O2/c1-13(2)12-16-17(20(16,5)6)19(21)22-18(14(3)4)15-10-8-7-9-11-15/h7-12,14,16-18H,1-6H3. The van der Waals surface area contributed by atoms with Crippen LogP contribution in [0.15, 0.2) is 42.0 Å². The predicted molar refractivity (Wildman–Crippen MR) is 90.3 cm³/mol. The van der Waals surface area contributed by atoms with Crippen molar-refractivity contribution in [2.75, 3.05) is 0 Å². The Morgan fingerprint density at radius 3 is 2.27 bits per heavy atom. The van der Waals surface area contributed by atoms with Crippen molar-refractivity contribution in [3.05, 3.63) is 47.5 Å². The lowest BCUT2D eigenvalue weighted by molar-refractivity contribution is -0.154. The third kappa shape index (κ3) is 3.43. The molecular weight excluding hydrogens is 272 g/mol. The largest absolute Gasteiger partial charge is 0.457 e. The van der Waals surface area contributed by atoms with Crippen molar-refractivity contribution in [3.63, 3.8) is 0 Å². The van der Waals surface area contributed by atoms with Gasteiger partial charge in [-0.25, -0.2) is 0 Å². The summed E-state index contributed by atoms with van der Waals surface area (Å²) in [6.07, 6.45) is 2.04. The monoisotopic (exact) mass is 300 g/mol. The molecule has 0 saturated heterocycles. The van der Waals surface area contributed by atoms with Crippen LogP contribution < -0.4 is 0 Å². The Balaban J connectivity index is 2.12. The first-order valence-corrected chi connectivity index (χ1v) is 8.15. The van der Waals surface area contributed by atoms with Gasteiger partial charge in [-0.05, 0) is 36.7 Å². The van der Waals surface area contributed by atoms with Crippen LogP contribution in [0.2, 0.25) is 0 Å². The summed E-state index contributed by atoms with van der Waals surface area (Å²) in [6.45, 7) is 12.6. The summed E-state index contributed by atoms with van der Waals surface area (Å²) in [5.41, 5.74) is 2.34. The van der Waals surface area contributed by atoms with Crippen LogP contribution in [0.5, 0.6) is 0 Å². The Morgan fingerprint density at radius 2 is 1.77 bits per heavy atom. The second kappa shape index (κ2) is 6.28. The van der Waals surface area contributed by atoms with E-state index in [-0.39, 0.29) is 29.3 Å². The Kier molecular flexibility index (Phi) is 4.79. The average Bonchev–Trinajstić information content (AvgIpc) is 2.96. The van der Waals surface area contributed by atoms with Crippen LogP contribution in [0.1, 0.15) is 53.2 Å². The van der Waals surface area contributed by atoms with Gasteiger partial charge >= 0.3 is 5.97 Å². The van der Waals surface area contributed by atoms with Gasteiger partial charge in [0.1, 0.15) is 6.10 Å². The van der Waals surface area contributed by atoms with Crippen LogP contribution in [0.25, 0.3) is 0 Å². The summed E-state index contributed by atoms with van der Waals surface area (Å²) in [7, 11) is 0. The highest BCUT2D eigenvalue weighted by Crippen LogP contribution is 2.60. The lowest BCUT2D eigenvalue weighted by atomic mass is 9.99. The maximum atomic E-state index is 12.6. The molecule has 0 amide bonds. The maximum Gasteiger partial charge on any atom is 0.310 e. The fourth-order valence-corrected chi connectivity index (χ4v) is 3.23. The molecule has 3 unspecified atom stereocenters. The van der Waals surface area contributed by atoms with Crippen LogP contribution in [-0.2, 0) is 9.53 Å². The number of esters is 1. The highest BCUT2D eigenvalue weighted by atomic mass is 16.5. The van der Waals surface area contributed by atoms with Crippen LogP contribution >= 0.6 is 0 Å². The van der Waals surface area contributed by atoms with Crippen molar-refractivity contribution in [3.8, 4) is 0 Å². The second-order valence-electron chi connectivity index (χ2n) is 7.58. The van der Waals surface area contributed by atoms with E-state index in [0.717, 1.165) is 5.56 Å². The minimum absolute atomic E-state index is 0.00652. The van der Waals surface area contributed by atoms with Crippen molar-refractivity contribution in [1.29, 1.82) is 0 Å². The average molecular weight is 300 g/mol. The first-order valence-electron chi connectivity index (χ1n) is 8.15. The highest BCUT2D eigenvalue weighted by molar-refractivity contribution is 5.78. The van der Waals surface area contributed by atoms with Gasteiger partial charge in [-0.2, -0.15) is 0 Å². The molecule has 1 aliphatic carbocycles. The van der Waals surface area contributed by atoms with E-state index >= 15 is 0 Å². The fourth-order valence-electron chi connectivity index (χ4n) is 3.23. The number of rotatable bonds is 5. The van der Waals surface area contributed by atoms with E-state index in [2.05, 4.69) is 47.6 Å². The summed E-state index contributed by atoms with van der Waals surface area (Å²) < 4.78 is 5.90. The van der Waals surface area contributed by atoms with E-state index < -0.39 is 0 Å². The van der Waals surface area contributed by atoms with Gasteiger partial charge in [0.25, 0.3) is 0 Å². The molecule has 1 aromatic rings. The molecule has 120 valence electrons. The molecule has 1 aliphatic rings. The van der Waals surface area contributed by atoms with Crippen molar-refractivity contribution < 1.29 is 9.53 Å². The molecular formula is C20H28O2. The number of ether oxygens (including phenoxy) is 1. The van der Waals surface area contributed by atoms with Gasteiger partial charge < -0.3 is 4.74 Å². The van der Waals surface area contributed by atoms with Crippen LogP contribution in [0.4, 0.5) is 0 Å². The molecule has 0 aromatic heterocycles. The first kappa shape index (κ1) is 16.8. The molecule has 2 heteroatoms. The molecule has 0 heterocycles. The molecule has 2 nitrogen and oxygen atoms in total. The number of hydrogen-bond acceptors (Lipinski definition) is 2. The normalized spacial score (nSPS) is 23.8. The van der Waals surface area contributed by atoms with E-state index in [1.165, 1.54) is 5.57 Å². The molecule has 1 aromatic carbocycles. The van der Waals surface area contributed by atoms with Crippen molar-refractivity contribution in [2.45, 2.75) is 47.6 Å². The van der Waals surface area contributed by atoms with E-state index in [1.807, 2.05) is 30.3 Å². The summed E-state index contributed by atoms with van der Waals surface area (Å²) in [5, 5.41) is 0. The second-order valence-corrected chi connectivity index (χ2v) is 7.58. The quantitative estimate of drug-likeness (QED) is 0.554. The van der Waals surface area contributed by atoms with Gasteiger partial charge in [-0.3, -0.25) is 4.79 Å². The van der Waals surface area contributed by atoms with Crippen LogP contribution in [-0.4, -0.2) is 5.97 Å². The lowest BCUT2D eigenvalue weighted by Gasteiger charge is -2.22. The van der Waals surface area contributed by atoms with E-state index in [1.54, 1.807) is 0 Å². The number of allylic oxidation sites excluding steroid dienone is 2. The maximum absolute atomic E-state index is 12.6. The van der Waals surface area contributed by atoms with Gasteiger partial charge in [0, 0.05) is 0 Å². The molecule has 22 heavy (non-hydrogen) atoms. The third-order valence-electron chi connectivity index (χ3n) is 4.65. The topological polar surface area (TPSA) is 26.3 Å². The van der Waals surface area contributed by atoms with Crippen LogP contribution in [0.3, 0.4) is 0 Å². The number of carbonyl (C=O) groups excluding carboxylic acids is 1. The molecule has 0 aliphatic heterocycles. The Labute approximate surface area is 134 Å². The van der Waals surface area contributed by atoms with E-state index in [4.69, 9.17) is 4.74 Å². The number of benzene rings is 1. The molecule has 0 radical (unpaired) electrons. The molecule has 3 atom stereocenters. The summed E-state index contributed by atoms with van der Waals surface area (Å²) in [4.78, 5) is 12.6. The number of hydrogen-bond donors (Lipinski definition) is 0. The summed E-state index contributed by atoms with van der Waals surface area (Å²) >= 11 is 0. The van der Waals surface area contributed by atoms with Crippen molar-refractivity contribution in [2.24, 2.45) is 23.2 Å². The molecule has 1 fully saturated rings. The third-order valence-corrected chi connectivity index (χ3v) is 4.65. The minimum Gasteiger partial charge on any atom is -0.457 e. The zero-order valence-electron chi connectivity index (χ0n) is 14.6. The van der Waals surface area contributed by atoms with Gasteiger partial charge in [-0.1, -0.05) is 69.7 Å². The Bertz CT molecular complexity index is 550. The Hall–Kier alpha value is -1.57. The highest BCUT2D eigenvalue weighted by Gasteiger charge is 2.61. The molecule has 0 N–H and O–H groups in total. The van der Waals surface area contributed by atoms with Gasteiger partial charge in [0.05, 0.1) is 5.92 Å². The van der Waals surface area contributed by atoms with Crippen molar-refractivity contribution in [1.82, 2.24) is 0 Å². The van der Waals surface area contributed by atoms with Crippen molar-refractivity contribution >= 4 is 5.97 Å². The van der Waals surface area contributed by atoms with E-state index in [0.29, 0.717) is 5.92 Å². The Morgan fingerprint density at radius 1 is 1.18 bits per heavy atom. The zero-order valence-corrected chi connectivity index (χ0v) is 14.6. The van der Waals surface area contributed by atoms with E-state index in [9.17, 15) is 4.79 Å². The van der Waals surface area contributed by atoms with Gasteiger partial charge in [-0.15, -0.1) is 0 Å². The predicted octanol–water partition coefficient (Wildman–Crippen LogP) is 5.17. The smallest absolute Gasteiger partial charge is 0.310 e. The SMILES string of the molecule is CC(C)=CC1C(C(=O)OC(c2ccccc2)C(C)C)C1(C)C. The molecule has 1 saturated carbocycles. The molecule has 0 bridgehead atoms. The summed E-state index contributed by atoms with van der Waals surface area (Å²) in [5.74, 6) is 0.478. The first-order chi connectivity index (χ1) is 10.2. The van der Waals surface area contributed by atoms with Crippen LogP contribution in [0, 0.1) is 23.2 Å². The molecule has 2 rings (SSSR count). The lowest BCUT2D eigenvalue weighted by Crippen LogP contribution is -2.19. The fraction of sp³-hybridized carbons (Fsp3) is 0.550. The minimum atomic E-state index is -0.169. The number of carbonyl (C=O) groups is 1. The van der Waals surface area contributed by atoms with Gasteiger partial charge in [0.15, 0.2) is 0 Å².